The van der Waals surface area contributed by atoms with Crippen LogP contribution in [-0.2, 0) is 4.79 Å². The second-order valence-electron chi connectivity index (χ2n) is 4.74. The monoisotopic (exact) mass is 274 g/mol. The average molecular weight is 274 g/mol. The van der Waals surface area contributed by atoms with Gasteiger partial charge in [-0.3, -0.25) is 4.79 Å². The van der Waals surface area contributed by atoms with Crippen LogP contribution in [-0.4, -0.2) is 13.0 Å². The number of hydrogen-bond donors (Lipinski definition) is 1. The molecule has 0 aliphatic heterocycles. The fourth-order valence-electron chi connectivity index (χ4n) is 1.97. The lowest BCUT2D eigenvalue weighted by molar-refractivity contribution is -0.116. The van der Waals surface area contributed by atoms with Crippen LogP contribution in [0, 0.1) is 11.3 Å². The first-order chi connectivity index (χ1) is 9.71. The molecule has 0 bridgehead atoms. The Morgan fingerprint density at radius 2 is 2.05 bits per heavy atom. The van der Waals surface area contributed by atoms with Crippen LogP contribution >= 0.6 is 0 Å². The van der Waals surface area contributed by atoms with Crippen molar-refractivity contribution >= 4 is 11.6 Å². The number of carbonyl (C=O) groups is 1. The highest BCUT2D eigenvalue weighted by Gasteiger charge is 2.08. The molecule has 4 heteroatoms. The molecule has 1 amide bonds. The van der Waals surface area contributed by atoms with Crippen molar-refractivity contribution in [1.82, 2.24) is 0 Å². The molecule has 1 N–H and O–H groups in total. The Balaban J connectivity index is 2.47. The van der Waals surface area contributed by atoms with Gasteiger partial charge >= 0.3 is 0 Å². The molecular weight excluding hydrogens is 252 g/mol. The van der Waals surface area contributed by atoms with Gasteiger partial charge in [0, 0.05) is 12.5 Å². The Kier molecular flexibility index (Phi) is 7.20. The Labute approximate surface area is 120 Å². The van der Waals surface area contributed by atoms with E-state index in [-0.39, 0.29) is 5.91 Å². The van der Waals surface area contributed by atoms with Crippen molar-refractivity contribution in [2.24, 2.45) is 0 Å². The summed E-state index contributed by atoms with van der Waals surface area (Å²) in [5.74, 6) is 0.507. The maximum Gasteiger partial charge on any atom is 0.224 e. The molecule has 0 saturated heterocycles. The molecule has 108 valence electrons. The van der Waals surface area contributed by atoms with Gasteiger partial charge in [-0.15, -0.1) is 0 Å². The Bertz CT molecular complexity index is 478. The van der Waals surface area contributed by atoms with Crippen LogP contribution in [0.25, 0.3) is 0 Å². The van der Waals surface area contributed by atoms with E-state index in [2.05, 4.69) is 12.2 Å². The first-order valence-electron chi connectivity index (χ1n) is 7.09. The quantitative estimate of drug-likeness (QED) is 0.732. The molecule has 0 aliphatic rings. The lowest BCUT2D eigenvalue weighted by Gasteiger charge is -2.10. The number of amides is 1. The van der Waals surface area contributed by atoms with E-state index < -0.39 is 0 Å². The van der Waals surface area contributed by atoms with Crippen LogP contribution in [0.5, 0.6) is 5.75 Å². The maximum atomic E-state index is 11.8. The van der Waals surface area contributed by atoms with E-state index in [1.807, 2.05) is 6.07 Å². The van der Waals surface area contributed by atoms with Gasteiger partial charge in [0.25, 0.3) is 0 Å². The number of carbonyl (C=O) groups excluding carboxylic acids is 1. The van der Waals surface area contributed by atoms with Crippen LogP contribution in [0.15, 0.2) is 18.2 Å². The second-order valence-corrected chi connectivity index (χ2v) is 4.74. The number of anilines is 1. The standard InChI is InChI=1S/C16H22N2O2/c1-3-4-5-6-7-8-16(19)18-14-10-9-13(12-17)11-15(14)20-2/h9-11H,3-8H2,1-2H3,(H,18,19). The van der Waals surface area contributed by atoms with Crippen molar-refractivity contribution in [2.45, 2.75) is 45.4 Å². The van der Waals surface area contributed by atoms with Crippen molar-refractivity contribution in [2.75, 3.05) is 12.4 Å². The van der Waals surface area contributed by atoms with Crippen LogP contribution in [0.3, 0.4) is 0 Å². The fourth-order valence-corrected chi connectivity index (χ4v) is 1.97. The summed E-state index contributed by atoms with van der Waals surface area (Å²) >= 11 is 0. The predicted octanol–water partition coefficient (Wildman–Crippen LogP) is 3.87. The Hall–Kier alpha value is -2.02. The molecule has 0 unspecified atom stereocenters. The number of nitrogens with one attached hydrogen (secondary N) is 1. The highest BCUT2D eigenvalue weighted by atomic mass is 16.5. The van der Waals surface area contributed by atoms with Crippen LogP contribution in [0.1, 0.15) is 51.0 Å². The van der Waals surface area contributed by atoms with Gasteiger partial charge in [-0.2, -0.15) is 5.26 Å². The van der Waals surface area contributed by atoms with E-state index in [1.165, 1.54) is 26.4 Å². The normalized spacial score (nSPS) is 9.85. The molecule has 0 atom stereocenters. The molecule has 0 spiro atoms. The minimum absolute atomic E-state index is 0.00972. The van der Waals surface area contributed by atoms with Crippen LogP contribution in [0.4, 0.5) is 5.69 Å². The van der Waals surface area contributed by atoms with Crippen molar-refractivity contribution in [3.8, 4) is 11.8 Å². The van der Waals surface area contributed by atoms with Crippen molar-refractivity contribution in [3.63, 3.8) is 0 Å². The van der Waals surface area contributed by atoms with Gasteiger partial charge in [0.2, 0.25) is 5.91 Å². The van der Waals surface area contributed by atoms with Crippen molar-refractivity contribution in [1.29, 1.82) is 5.26 Å². The van der Waals surface area contributed by atoms with E-state index >= 15 is 0 Å². The van der Waals surface area contributed by atoms with E-state index in [9.17, 15) is 4.79 Å². The third kappa shape index (κ3) is 5.31. The molecule has 0 aliphatic carbocycles. The average Bonchev–Trinajstić information content (AvgIpc) is 2.47. The predicted molar refractivity (Wildman–Crippen MR) is 79.7 cm³/mol. The number of nitriles is 1. The number of ether oxygens (including phenoxy) is 1. The maximum absolute atomic E-state index is 11.8. The van der Waals surface area contributed by atoms with Gasteiger partial charge in [-0.1, -0.05) is 32.6 Å². The van der Waals surface area contributed by atoms with E-state index in [4.69, 9.17) is 10.00 Å². The van der Waals surface area contributed by atoms with Gasteiger partial charge in [-0.25, -0.2) is 0 Å². The summed E-state index contributed by atoms with van der Waals surface area (Å²) in [6, 6.07) is 7.03. The van der Waals surface area contributed by atoms with Gasteiger partial charge in [0.05, 0.1) is 24.4 Å². The summed E-state index contributed by atoms with van der Waals surface area (Å²) in [6.45, 7) is 2.17. The van der Waals surface area contributed by atoms with Gasteiger partial charge in [0.15, 0.2) is 0 Å². The largest absolute Gasteiger partial charge is 0.495 e. The first-order valence-corrected chi connectivity index (χ1v) is 7.09. The summed E-state index contributed by atoms with van der Waals surface area (Å²) < 4.78 is 5.18. The van der Waals surface area contributed by atoms with Gasteiger partial charge in [0.1, 0.15) is 5.75 Å². The molecule has 0 radical (unpaired) electrons. The Morgan fingerprint density at radius 3 is 2.70 bits per heavy atom. The van der Waals surface area contributed by atoms with Crippen molar-refractivity contribution < 1.29 is 9.53 Å². The molecule has 0 heterocycles. The molecule has 1 aromatic rings. The molecule has 0 aromatic heterocycles. The third-order valence-corrected chi connectivity index (χ3v) is 3.11. The molecule has 1 rings (SSSR count). The summed E-state index contributed by atoms with van der Waals surface area (Å²) in [6.07, 6.45) is 6.13. The summed E-state index contributed by atoms with van der Waals surface area (Å²) in [4.78, 5) is 11.8. The van der Waals surface area contributed by atoms with Gasteiger partial charge < -0.3 is 10.1 Å². The molecule has 0 fully saturated rings. The van der Waals surface area contributed by atoms with Crippen molar-refractivity contribution in [3.05, 3.63) is 23.8 Å². The SMILES string of the molecule is CCCCCCCC(=O)Nc1ccc(C#N)cc1OC. The lowest BCUT2D eigenvalue weighted by Crippen LogP contribution is -2.12. The van der Waals surface area contributed by atoms with E-state index in [0.717, 1.165) is 12.8 Å². The van der Waals surface area contributed by atoms with Crippen LogP contribution < -0.4 is 10.1 Å². The summed E-state index contributed by atoms with van der Waals surface area (Å²) in [5, 5.41) is 11.7. The number of nitrogens with zero attached hydrogens (tertiary/aromatic N) is 1. The topological polar surface area (TPSA) is 62.1 Å². The van der Waals surface area contributed by atoms with E-state index in [1.54, 1.807) is 18.2 Å². The number of benzene rings is 1. The number of rotatable bonds is 8. The highest BCUT2D eigenvalue weighted by Crippen LogP contribution is 2.25. The zero-order valence-electron chi connectivity index (χ0n) is 12.2. The zero-order valence-corrected chi connectivity index (χ0v) is 12.2. The summed E-state index contributed by atoms with van der Waals surface area (Å²) in [5.41, 5.74) is 1.13. The molecule has 1 aromatic carbocycles. The lowest BCUT2D eigenvalue weighted by atomic mass is 10.1. The molecule has 20 heavy (non-hydrogen) atoms. The number of unbranched alkanes of at least 4 members (excludes halogenated alkanes) is 4. The zero-order chi connectivity index (χ0) is 14.8. The number of methoxy groups -OCH3 is 1. The summed E-state index contributed by atoms with van der Waals surface area (Å²) in [7, 11) is 1.52. The van der Waals surface area contributed by atoms with Crippen LogP contribution in [0.2, 0.25) is 0 Å². The van der Waals surface area contributed by atoms with E-state index in [0.29, 0.717) is 23.4 Å². The fraction of sp³-hybridized carbons (Fsp3) is 0.500. The first kappa shape index (κ1) is 16.0. The molecule has 0 saturated carbocycles. The molecule has 4 nitrogen and oxygen atoms in total. The molecular formula is C16H22N2O2. The minimum Gasteiger partial charge on any atom is -0.495 e. The number of hydrogen-bond acceptors (Lipinski definition) is 3. The highest BCUT2D eigenvalue weighted by molar-refractivity contribution is 5.92. The smallest absolute Gasteiger partial charge is 0.224 e. The minimum atomic E-state index is -0.00972. The second kappa shape index (κ2) is 8.98. The third-order valence-electron chi connectivity index (χ3n) is 3.11. The Morgan fingerprint density at radius 1 is 1.30 bits per heavy atom. The van der Waals surface area contributed by atoms with Gasteiger partial charge in [-0.05, 0) is 18.6 Å².